The van der Waals surface area contributed by atoms with E-state index >= 15 is 0 Å². The molecule has 6 heteroatoms. The van der Waals surface area contributed by atoms with Crippen LogP contribution in [0, 0.1) is 0 Å². The third-order valence-electron chi connectivity index (χ3n) is 2.59. The van der Waals surface area contributed by atoms with Crippen LogP contribution in [0.25, 0.3) is 11.0 Å². The molecule has 0 bridgehead atoms. The fourth-order valence-electron chi connectivity index (χ4n) is 1.66. The Morgan fingerprint density at radius 2 is 1.94 bits per heavy atom. The fraction of sp³-hybridized carbons (Fsp3) is 0.333. The van der Waals surface area contributed by atoms with Gasteiger partial charge in [-0.25, -0.2) is 4.98 Å². The number of aromatic amines is 1. The molecule has 0 unspecified atom stereocenters. The Morgan fingerprint density at radius 1 is 1.28 bits per heavy atom. The molecule has 0 aliphatic rings. The van der Waals surface area contributed by atoms with Gasteiger partial charge in [-0.15, -0.1) is 0 Å². The van der Waals surface area contributed by atoms with E-state index in [-0.39, 0.29) is 22.7 Å². The van der Waals surface area contributed by atoms with Gasteiger partial charge in [-0.1, -0.05) is 13.8 Å². The first-order valence-corrected chi connectivity index (χ1v) is 5.40. The molecule has 2 aromatic rings. The van der Waals surface area contributed by atoms with E-state index < -0.39 is 11.7 Å². The summed E-state index contributed by atoms with van der Waals surface area (Å²) in [5.41, 5.74) is -0.450. The predicted octanol–water partition coefficient (Wildman–Crippen LogP) is 3.07. The van der Waals surface area contributed by atoms with Gasteiger partial charge in [0.15, 0.2) is 0 Å². The monoisotopic (exact) mass is 256 g/mol. The summed E-state index contributed by atoms with van der Waals surface area (Å²) in [6, 6.07) is 3.09. The van der Waals surface area contributed by atoms with Gasteiger partial charge in [0, 0.05) is 5.92 Å². The maximum absolute atomic E-state index is 12.6. The number of fused-ring (bicyclic) bond motifs is 1. The van der Waals surface area contributed by atoms with E-state index in [2.05, 4.69) is 9.97 Å². The number of nitrogens with one attached hydrogen (secondary N) is 1. The van der Waals surface area contributed by atoms with E-state index in [1.807, 2.05) is 0 Å². The molecule has 0 aliphatic carbocycles. The highest BCUT2D eigenvalue weighted by Gasteiger charge is 2.30. The number of aromatic nitrogens is 2. The van der Waals surface area contributed by atoms with Crippen LogP contribution in [0.5, 0.6) is 0 Å². The highest BCUT2D eigenvalue weighted by Crippen LogP contribution is 2.30. The minimum atomic E-state index is -4.41. The van der Waals surface area contributed by atoms with E-state index in [1.54, 1.807) is 13.8 Å². The van der Waals surface area contributed by atoms with Crippen molar-refractivity contribution >= 4 is 11.0 Å². The van der Waals surface area contributed by atoms with Crippen molar-refractivity contribution in [2.75, 3.05) is 0 Å². The molecule has 18 heavy (non-hydrogen) atoms. The predicted molar refractivity (Wildman–Crippen MR) is 61.5 cm³/mol. The number of hydrogen-bond acceptors (Lipinski definition) is 2. The van der Waals surface area contributed by atoms with Crippen LogP contribution in [0.15, 0.2) is 23.0 Å². The molecule has 1 aromatic heterocycles. The Bertz CT molecular complexity index is 644. The van der Waals surface area contributed by atoms with Crippen LogP contribution >= 0.6 is 0 Å². The van der Waals surface area contributed by atoms with Crippen molar-refractivity contribution in [1.29, 1.82) is 0 Å². The van der Waals surface area contributed by atoms with Gasteiger partial charge in [0.2, 0.25) is 0 Å². The average Bonchev–Trinajstić information content (AvgIpc) is 2.25. The zero-order valence-corrected chi connectivity index (χ0v) is 9.80. The minimum Gasteiger partial charge on any atom is -0.319 e. The normalized spacial score (nSPS) is 12.3. The molecule has 0 saturated heterocycles. The summed E-state index contributed by atoms with van der Waals surface area (Å²) in [7, 11) is 0. The Kier molecular flexibility index (Phi) is 2.88. The van der Waals surface area contributed by atoms with Crippen molar-refractivity contribution in [2.45, 2.75) is 25.9 Å². The number of hydrogen-bond donors (Lipinski definition) is 1. The largest absolute Gasteiger partial charge is 0.416 e. The molecule has 96 valence electrons. The lowest BCUT2D eigenvalue weighted by molar-refractivity contribution is -0.137. The lowest BCUT2D eigenvalue weighted by Gasteiger charge is -2.09. The van der Waals surface area contributed by atoms with Crippen LogP contribution in [0.4, 0.5) is 13.2 Å². The van der Waals surface area contributed by atoms with Gasteiger partial charge < -0.3 is 4.98 Å². The van der Waals surface area contributed by atoms with Crippen molar-refractivity contribution < 1.29 is 13.2 Å². The molecular formula is C12H11F3N2O. The maximum Gasteiger partial charge on any atom is 0.416 e. The van der Waals surface area contributed by atoms with Crippen molar-refractivity contribution in [3.05, 3.63) is 39.8 Å². The summed E-state index contributed by atoms with van der Waals surface area (Å²) >= 11 is 0. The van der Waals surface area contributed by atoms with E-state index in [4.69, 9.17) is 0 Å². The van der Waals surface area contributed by atoms with E-state index in [9.17, 15) is 18.0 Å². The first-order valence-electron chi connectivity index (χ1n) is 5.40. The zero-order valence-electron chi connectivity index (χ0n) is 9.80. The van der Waals surface area contributed by atoms with Crippen LogP contribution in [0.2, 0.25) is 0 Å². The number of H-pyrrole nitrogens is 1. The lowest BCUT2D eigenvalue weighted by Crippen LogP contribution is -2.16. The van der Waals surface area contributed by atoms with Crippen molar-refractivity contribution in [2.24, 2.45) is 0 Å². The van der Waals surface area contributed by atoms with Crippen LogP contribution in [-0.4, -0.2) is 9.97 Å². The quantitative estimate of drug-likeness (QED) is 0.852. The molecule has 0 saturated carbocycles. The molecule has 1 N–H and O–H groups in total. The highest BCUT2D eigenvalue weighted by atomic mass is 19.4. The van der Waals surface area contributed by atoms with Crippen molar-refractivity contribution in [1.82, 2.24) is 9.97 Å². The fourth-order valence-corrected chi connectivity index (χ4v) is 1.66. The van der Waals surface area contributed by atoms with E-state index in [0.717, 1.165) is 12.1 Å². The highest BCUT2D eigenvalue weighted by molar-refractivity contribution is 5.75. The topological polar surface area (TPSA) is 45.8 Å². The molecule has 0 amide bonds. The summed E-state index contributed by atoms with van der Waals surface area (Å²) in [5, 5.41) is 0. The third-order valence-corrected chi connectivity index (χ3v) is 2.59. The molecular weight excluding hydrogens is 245 g/mol. The second kappa shape index (κ2) is 4.12. The maximum atomic E-state index is 12.6. The van der Waals surface area contributed by atoms with Gasteiger partial charge in [0.1, 0.15) is 5.69 Å². The number of alkyl halides is 3. The van der Waals surface area contributed by atoms with Crippen LogP contribution in [-0.2, 0) is 6.18 Å². The Labute approximate surface area is 101 Å². The summed E-state index contributed by atoms with van der Waals surface area (Å²) in [6.45, 7) is 3.52. The zero-order chi connectivity index (χ0) is 13.5. The Hall–Kier alpha value is -1.85. The number of rotatable bonds is 1. The molecule has 1 aromatic carbocycles. The molecule has 0 spiro atoms. The Balaban J connectivity index is 2.69. The summed E-state index contributed by atoms with van der Waals surface area (Å²) in [4.78, 5) is 18.2. The molecule has 2 rings (SSSR count). The summed E-state index contributed by atoms with van der Waals surface area (Å²) < 4.78 is 37.7. The molecule has 1 heterocycles. The van der Waals surface area contributed by atoms with Gasteiger partial charge in [-0.3, -0.25) is 4.79 Å². The molecule has 0 aliphatic heterocycles. The first kappa shape index (κ1) is 12.6. The SMILES string of the molecule is CC(C)c1nc2cc(C(F)(F)F)ccc2[nH]c1=O. The minimum absolute atomic E-state index is 0.146. The number of halogens is 3. The second-order valence-electron chi connectivity index (χ2n) is 4.34. The summed E-state index contributed by atoms with van der Waals surface area (Å²) in [5.74, 6) is -0.146. The third kappa shape index (κ3) is 2.23. The van der Waals surface area contributed by atoms with Gasteiger partial charge in [-0.05, 0) is 18.2 Å². The Morgan fingerprint density at radius 3 is 2.50 bits per heavy atom. The van der Waals surface area contributed by atoms with E-state index in [1.165, 1.54) is 6.07 Å². The van der Waals surface area contributed by atoms with Crippen molar-refractivity contribution in [3.63, 3.8) is 0 Å². The molecule has 0 atom stereocenters. The van der Waals surface area contributed by atoms with Gasteiger partial charge in [0.05, 0.1) is 16.6 Å². The van der Waals surface area contributed by atoms with Gasteiger partial charge in [-0.2, -0.15) is 13.2 Å². The van der Waals surface area contributed by atoms with Gasteiger partial charge in [0.25, 0.3) is 5.56 Å². The van der Waals surface area contributed by atoms with Gasteiger partial charge >= 0.3 is 6.18 Å². The first-order chi connectivity index (χ1) is 8.29. The van der Waals surface area contributed by atoms with Crippen LogP contribution in [0.3, 0.4) is 0 Å². The van der Waals surface area contributed by atoms with E-state index in [0.29, 0.717) is 5.52 Å². The number of nitrogens with zero attached hydrogens (tertiary/aromatic N) is 1. The molecule has 0 fully saturated rings. The number of benzene rings is 1. The molecule has 0 radical (unpaired) electrons. The van der Waals surface area contributed by atoms with Crippen molar-refractivity contribution in [3.8, 4) is 0 Å². The van der Waals surface area contributed by atoms with Crippen LogP contribution < -0.4 is 5.56 Å². The summed E-state index contributed by atoms with van der Waals surface area (Å²) in [6.07, 6.45) is -4.41. The standard InChI is InChI=1S/C12H11F3N2O/c1-6(2)10-11(18)17-8-4-3-7(12(13,14)15)5-9(8)16-10/h3-6H,1-2H3,(H,17,18). The second-order valence-corrected chi connectivity index (χ2v) is 4.34. The molecule has 3 nitrogen and oxygen atoms in total. The lowest BCUT2D eigenvalue weighted by atomic mass is 10.1. The average molecular weight is 256 g/mol. The van der Waals surface area contributed by atoms with Crippen LogP contribution in [0.1, 0.15) is 31.0 Å². The smallest absolute Gasteiger partial charge is 0.319 e.